The van der Waals surface area contributed by atoms with Crippen molar-refractivity contribution in [3.63, 3.8) is 0 Å². The van der Waals surface area contributed by atoms with Gasteiger partial charge in [0.05, 0.1) is 14.2 Å². The largest absolute Gasteiger partial charge is 0.493 e. The van der Waals surface area contributed by atoms with Crippen molar-refractivity contribution in [3.8, 4) is 11.5 Å². The van der Waals surface area contributed by atoms with E-state index in [1.54, 1.807) is 14.2 Å². The first-order valence-electron chi connectivity index (χ1n) is 8.18. The van der Waals surface area contributed by atoms with Gasteiger partial charge < -0.3 is 14.2 Å². The van der Waals surface area contributed by atoms with Crippen molar-refractivity contribution >= 4 is 5.90 Å². The lowest BCUT2D eigenvalue weighted by Crippen LogP contribution is -2.41. The summed E-state index contributed by atoms with van der Waals surface area (Å²) in [6, 6.07) is 6.00. The molecule has 0 atom stereocenters. The number of hydrogen-bond acceptors (Lipinski definition) is 4. The van der Waals surface area contributed by atoms with E-state index in [1.165, 1.54) is 32.1 Å². The van der Waals surface area contributed by atoms with E-state index in [4.69, 9.17) is 14.2 Å². The molecular weight excluding hydrogens is 278 g/mol. The molecule has 0 aromatic heterocycles. The second-order valence-corrected chi connectivity index (χ2v) is 6.24. The third kappa shape index (κ3) is 3.21. The van der Waals surface area contributed by atoms with Gasteiger partial charge in [0.2, 0.25) is 0 Å². The summed E-state index contributed by atoms with van der Waals surface area (Å²) in [5.41, 5.74) is 1.20. The smallest absolute Gasteiger partial charge is 0.188 e. The summed E-state index contributed by atoms with van der Waals surface area (Å²) in [7, 11) is 3.31. The molecule has 1 aliphatic carbocycles. The topological polar surface area (TPSA) is 40.0 Å². The molecule has 1 aromatic carbocycles. The highest BCUT2D eigenvalue weighted by Gasteiger charge is 2.36. The van der Waals surface area contributed by atoms with Gasteiger partial charge in [-0.1, -0.05) is 12.5 Å². The van der Waals surface area contributed by atoms with E-state index in [1.807, 2.05) is 12.1 Å². The van der Waals surface area contributed by atoms with Gasteiger partial charge >= 0.3 is 0 Å². The van der Waals surface area contributed by atoms with Crippen LogP contribution < -0.4 is 9.47 Å². The molecule has 1 saturated carbocycles. The second kappa shape index (κ2) is 6.59. The van der Waals surface area contributed by atoms with Crippen molar-refractivity contribution in [2.75, 3.05) is 20.8 Å². The Morgan fingerprint density at radius 1 is 1.05 bits per heavy atom. The quantitative estimate of drug-likeness (QED) is 0.850. The van der Waals surface area contributed by atoms with Gasteiger partial charge in [-0.05, 0) is 43.4 Å². The number of nitrogens with zero attached hydrogens (tertiary/aromatic N) is 1. The van der Waals surface area contributed by atoms with E-state index < -0.39 is 0 Å². The summed E-state index contributed by atoms with van der Waals surface area (Å²) in [5.74, 6) is 2.38. The molecular formula is C18H25NO3. The van der Waals surface area contributed by atoms with E-state index in [0.717, 1.165) is 42.3 Å². The van der Waals surface area contributed by atoms with Gasteiger partial charge in [0, 0.05) is 19.4 Å². The predicted molar refractivity (Wildman–Crippen MR) is 87.1 cm³/mol. The van der Waals surface area contributed by atoms with Crippen molar-refractivity contribution < 1.29 is 14.2 Å². The van der Waals surface area contributed by atoms with Gasteiger partial charge in [-0.15, -0.1) is 0 Å². The molecule has 0 bridgehead atoms. The summed E-state index contributed by atoms with van der Waals surface area (Å²) in [6.07, 6.45) is 8.06. The minimum atomic E-state index is 0.0614. The molecule has 4 nitrogen and oxygen atoms in total. The van der Waals surface area contributed by atoms with Crippen LogP contribution in [0.5, 0.6) is 11.5 Å². The van der Waals surface area contributed by atoms with Gasteiger partial charge in [-0.3, -0.25) is 4.99 Å². The van der Waals surface area contributed by atoms with Gasteiger partial charge in [0.1, 0.15) is 5.60 Å². The monoisotopic (exact) mass is 303 g/mol. The molecule has 120 valence electrons. The van der Waals surface area contributed by atoms with Crippen molar-refractivity contribution in [1.82, 2.24) is 0 Å². The van der Waals surface area contributed by atoms with Crippen LogP contribution in [0.1, 0.15) is 44.1 Å². The van der Waals surface area contributed by atoms with Gasteiger partial charge in [0.25, 0.3) is 0 Å². The van der Waals surface area contributed by atoms with E-state index in [9.17, 15) is 0 Å². The first-order valence-corrected chi connectivity index (χ1v) is 8.18. The molecule has 4 heteroatoms. The van der Waals surface area contributed by atoms with E-state index in [0.29, 0.717) is 0 Å². The van der Waals surface area contributed by atoms with Crippen LogP contribution in [0.4, 0.5) is 0 Å². The molecule has 0 radical (unpaired) electrons. The summed E-state index contributed by atoms with van der Waals surface area (Å²) in [5, 5.41) is 0. The molecule has 22 heavy (non-hydrogen) atoms. The summed E-state index contributed by atoms with van der Waals surface area (Å²) in [6.45, 7) is 0.891. The van der Waals surface area contributed by atoms with Crippen LogP contribution in [0.25, 0.3) is 0 Å². The number of benzene rings is 1. The molecule has 1 spiro atoms. The maximum atomic E-state index is 6.33. The Bertz CT molecular complexity index is 547. The Labute approximate surface area is 132 Å². The normalized spacial score (nSPS) is 20.2. The zero-order chi connectivity index (χ0) is 15.4. The van der Waals surface area contributed by atoms with Gasteiger partial charge in [-0.2, -0.15) is 0 Å². The lowest BCUT2D eigenvalue weighted by atomic mass is 9.81. The highest BCUT2D eigenvalue weighted by atomic mass is 16.5. The van der Waals surface area contributed by atoms with E-state index in [2.05, 4.69) is 11.1 Å². The Morgan fingerprint density at radius 2 is 1.82 bits per heavy atom. The zero-order valence-corrected chi connectivity index (χ0v) is 13.6. The summed E-state index contributed by atoms with van der Waals surface area (Å²) < 4.78 is 17.0. The van der Waals surface area contributed by atoms with Crippen LogP contribution in [0.3, 0.4) is 0 Å². The number of hydrogen-bond donors (Lipinski definition) is 0. The average Bonchev–Trinajstić information content (AvgIpc) is 2.55. The fourth-order valence-electron chi connectivity index (χ4n) is 3.52. The minimum Gasteiger partial charge on any atom is -0.493 e. The Morgan fingerprint density at radius 3 is 2.55 bits per heavy atom. The third-order valence-corrected chi connectivity index (χ3v) is 4.76. The molecule has 0 unspecified atom stereocenters. The molecule has 0 amide bonds. The first kappa shape index (κ1) is 15.2. The molecule has 2 aliphatic rings. The maximum absolute atomic E-state index is 6.33. The highest BCUT2D eigenvalue weighted by Crippen LogP contribution is 2.37. The Balaban J connectivity index is 1.71. The lowest BCUT2D eigenvalue weighted by Gasteiger charge is -2.40. The first-order chi connectivity index (χ1) is 10.7. The van der Waals surface area contributed by atoms with Crippen LogP contribution >= 0.6 is 0 Å². The number of methoxy groups -OCH3 is 2. The fourth-order valence-corrected chi connectivity index (χ4v) is 3.52. The SMILES string of the molecule is COc1ccc(CC2=NCCC3(CCCCC3)O2)cc1OC. The van der Waals surface area contributed by atoms with Crippen molar-refractivity contribution in [2.45, 2.75) is 50.5 Å². The van der Waals surface area contributed by atoms with Gasteiger partial charge in [-0.25, -0.2) is 0 Å². The Hall–Kier alpha value is -1.71. The summed E-state index contributed by atoms with van der Waals surface area (Å²) in [4.78, 5) is 4.59. The van der Waals surface area contributed by atoms with Crippen molar-refractivity contribution in [2.24, 2.45) is 4.99 Å². The van der Waals surface area contributed by atoms with Crippen LogP contribution in [-0.4, -0.2) is 32.3 Å². The zero-order valence-electron chi connectivity index (χ0n) is 13.6. The molecule has 0 N–H and O–H groups in total. The number of aliphatic imine (C=N–C) groups is 1. The molecule has 1 heterocycles. The van der Waals surface area contributed by atoms with Gasteiger partial charge in [0.15, 0.2) is 17.4 Å². The summed E-state index contributed by atoms with van der Waals surface area (Å²) >= 11 is 0. The Kier molecular flexibility index (Phi) is 4.55. The molecule has 0 saturated heterocycles. The van der Waals surface area contributed by atoms with E-state index >= 15 is 0 Å². The maximum Gasteiger partial charge on any atom is 0.188 e. The van der Waals surface area contributed by atoms with Crippen LogP contribution in [-0.2, 0) is 11.2 Å². The second-order valence-electron chi connectivity index (χ2n) is 6.24. The predicted octanol–water partition coefficient (Wildman–Crippen LogP) is 3.77. The van der Waals surface area contributed by atoms with Crippen LogP contribution in [0.2, 0.25) is 0 Å². The highest BCUT2D eigenvalue weighted by molar-refractivity contribution is 5.80. The minimum absolute atomic E-state index is 0.0614. The number of rotatable bonds is 4. The number of ether oxygens (including phenoxy) is 3. The molecule has 1 aliphatic heterocycles. The molecule has 1 fully saturated rings. The molecule has 3 rings (SSSR count). The molecule has 1 aromatic rings. The fraction of sp³-hybridized carbons (Fsp3) is 0.611. The lowest BCUT2D eigenvalue weighted by molar-refractivity contribution is 0.000944. The van der Waals surface area contributed by atoms with Crippen LogP contribution in [0, 0.1) is 0 Å². The standard InChI is InChI=1S/C18H25NO3/c1-20-15-7-6-14(12-16(15)21-2)13-17-19-11-10-18(22-17)8-4-3-5-9-18/h6-7,12H,3-5,8-11,13H2,1-2H3. The third-order valence-electron chi connectivity index (χ3n) is 4.76. The van der Waals surface area contributed by atoms with E-state index in [-0.39, 0.29) is 5.60 Å². The average molecular weight is 303 g/mol. The van der Waals surface area contributed by atoms with Crippen molar-refractivity contribution in [1.29, 1.82) is 0 Å². The van der Waals surface area contributed by atoms with Crippen molar-refractivity contribution in [3.05, 3.63) is 23.8 Å². The van der Waals surface area contributed by atoms with Crippen LogP contribution in [0.15, 0.2) is 23.2 Å².